The van der Waals surface area contributed by atoms with Gasteiger partial charge < -0.3 is 0 Å². The average Bonchev–Trinajstić information content (AvgIpc) is 1.62. The molecule has 0 amide bonds. The van der Waals surface area contributed by atoms with Gasteiger partial charge in [-0.25, -0.2) is 0 Å². The Morgan fingerprint density at radius 1 is 1.11 bits per heavy atom. The van der Waals surface area contributed by atoms with Gasteiger partial charge in [0.25, 0.3) is 0 Å². The minimum Gasteiger partial charge on any atom is -0.0711 e. The van der Waals surface area contributed by atoms with E-state index in [0.717, 1.165) is 5.54 Å². The average molecular weight is 143 g/mol. The summed E-state index contributed by atoms with van der Waals surface area (Å²) in [7, 11) is -0.0697. The van der Waals surface area contributed by atoms with Crippen molar-refractivity contribution in [2.24, 2.45) is 5.41 Å². The third kappa shape index (κ3) is 3.04. The molecular weight excluding hydrogens is 124 g/mol. The minimum absolute atomic E-state index is 0.0697. The second-order valence-electron chi connectivity index (χ2n) is 4.17. The largest absolute Gasteiger partial charge is 0.0711 e. The summed E-state index contributed by atoms with van der Waals surface area (Å²) >= 11 is 0. The summed E-state index contributed by atoms with van der Waals surface area (Å²) < 4.78 is 0. The zero-order valence-electron chi connectivity index (χ0n) is 7.58. The lowest BCUT2D eigenvalue weighted by Gasteiger charge is -2.29. The van der Waals surface area contributed by atoms with Gasteiger partial charge in [0.2, 0.25) is 0 Å². The molecule has 1 heteroatoms. The van der Waals surface area contributed by atoms with E-state index in [1.54, 1.807) is 0 Å². The van der Waals surface area contributed by atoms with Gasteiger partial charge in [0.15, 0.2) is 0 Å². The Hall–Kier alpha value is 0.217. The van der Waals surface area contributed by atoms with Crippen LogP contribution in [0.1, 0.15) is 27.7 Å². The van der Waals surface area contributed by atoms with Gasteiger partial charge in [0, 0.05) is 8.80 Å². The van der Waals surface area contributed by atoms with Crippen LogP contribution in [0.4, 0.5) is 0 Å². The molecule has 0 N–H and O–H groups in total. The van der Waals surface area contributed by atoms with E-state index in [2.05, 4.69) is 40.8 Å². The fraction of sp³-hybridized carbons (Fsp3) is 1.00. The smallest absolute Gasteiger partial charge is 0.0448 e. The standard InChI is InChI=1S/C8H19Si/c1-7(9(5)6)8(2,3)4/h7H,1-6H3. The molecule has 0 heterocycles. The van der Waals surface area contributed by atoms with Gasteiger partial charge in [0.1, 0.15) is 0 Å². The molecule has 1 atom stereocenters. The lowest BCUT2D eigenvalue weighted by Crippen LogP contribution is -2.22. The molecule has 0 saturated heterocycles. The number of hydrogen-bond acceptors (Lipinski definition) is 0. The fourth-order valence-electron chi connectivity index (χ4n) is 0.866. The molecule has 0 aliphatic carbocycles. The van der Waals surface area contributed by atoms with Crippen LogP contribution in [0.15, 0.2) is 0 Å². The van der Waals surface area contributed by atoms with Crippen molar-refractivity contribution < 1.29 is 0 Å². The van der Waals surface area contributed by atoms with Gasteiger partial charge in [0.05, 0.1) is 0 Å². The van der Waals surface area contributed by atoms with Gasteiger partial charge in [-0.2, -0.15) is 0 Å². The van der Waals surface area contributed by atoms with Gasteiger partial charge in [-0.3, -0.25) is 0 Å². The monoisotopic (exact) mass is 143 g/mol. The maximum atomic E-state index is 2.39. The normalized spacial score (nSPS) is 16.3. The first kappa shape index (κ1) is 9.22. The first-order chi connectivity index (χ1) is 3.85. The maximum Gasteiger partial charge on any atom is 0.0448 e. The molecule has 0 bridgehead atoms. The summed E-state index contributed by atoms with van der Waals surface area (Å²) in [6.45, 7) is 14.1. The topological polar surface area (TPSA) is 0 Å². The van der Waals surface area contributed by atoms with E-state index in [9.17, 15) is 0 Å². The first-order valence-corrected chi connectivity index (χ1v) is 6.23. The predicted octanol–water partition coefficient (Wildman–Crippen LogP) is 3.18. The van der Waals surface area contributed by atoms with Crippen LogP contribution in [-0.4, -0.2) is 8.80 Å². The van der Waals surface area contributed by atoms with E-state index in [1.807, 2.05) is 0 Å². The van der Waals surface area contributed by atoms with Crippen molar-refractivity contribution in [3.63, 3.8) is 0 Å². The second-order valence-corrected chi connectivity index (χ2v) is 7.19. The van der Waals surface area contributed by atoms with Crippen LogP contribution in [-0.2, 0) is 0 Å². The molecule has 0 aromatic rings. The van der Waals surface area contributed by atoms with Crippen molar-refractivity contribution in [3.8, 4) is 0 Å². The quantitative estimate of drug-likeness (QED) is 0.495. The van der Waals surface area contributed by atoms with E-state index in [0.29, 0.717) is 5.41 Å². The summed E-state index contributed by atoms with van der Waals surface area (Å²) in [5.74, 6) is 0. The van der Waals surface area contributed by atoms with Crippen LogP contribution < -0.4 is 0 Å². The molecule has 0 fully saturated rings. The summed E-state index contributed by atoms with van der Waals surface area (Å²) in [5, 5.41) is 0. The van der Waals surface area contributed by atoms with Crippen LogP contribution in [0.25, 0.3) is 0 Å². The van der Waals surface area contributed by atoms with Crippen LogP contribution >= 0.6 is 0 Å². The van der Waals surface area contributed by atoms with Crippen molar-refractivity contribution in [3.05, 3.63) is 0 Å². The third-order valence-electron chi connectivity index (χ3n) is 2.17. The Balaban J connectivity index is 3.88. The van der Waals surface area contributed by atoms with Crippen molar-refractivity contribution >= 4 is 8.80 Å². The minimum atomic E-state index is -0.0697. The van der Waals surface area contributed by atoms with E-state index in [-0.39, 0.29) is 8.80 Å². The zero-order valence-corrected chi connectivity index (χ0v) is 8.58. The molecule has 9 heavy (non-hydrogen) atoms. The Kier molecular flexibility index (Phi) is 2.94. The molecule has 0 saturated carbocycles. The van der Waals surface area contributed by atoms with Crippen LogP contribution in [0.2, 0.25) is 18.6 Å². The number of rotatable bonds is 1. The highest BCUT2D eigenvalue weighted by Crippen LogP contribution is 2.32. The lowest BCUT2D eigenvalue weighted by molar-refractivity contribution is 0.392. The van der Waals surface area contributed by atoms with E-state index in [1.165, 1.54) is 0 Å². The Bertz CT molecular complexity index is 79.1. The number of hydrogen-bond donors (Lipinski definition) is 0. The van der Waals surface area contributed by atoms with E-state index in [4.69, 9.17) is 0 Å². The van der Waals surface area contributed by atoms with Crippen molar-refractivity contribution in [2.75, 3.05) is 0 Å². The Morgan fingerprint density at radius 2 is 1.44 bits per heavy atom. The van der Waals surface area contributed by atoms with Gasteiger partial charge in [-0.1, -0.05) is 40.8 Å². The molecule has 1 unspecified atom stereocenters. The summed E-state index contributed by atoms with van der Waals surface area (Å²) in [6.07, 6.45) is 0. The summed E-state index contributed by atoms with van der Waals surface area (Å²) in [5.41, 5.74) is 1.44. The second kappa shape index (κ2) is 2.87. The van der Waals surface area contributed by atoms with Crippen molar-refractivity contribution in [2.45, 2.75) is 46.3 Å². The molecule has 0 aliphatic rings. The summed E-state index contributed by atoms with van der Waals surface area (Å²) in [6, 6.07) is 0. The molecule has 0 spiro atoms. The molecule has 0 aliphatic heterocycles. The van der Waals surface area contributed by atoms with E-state index >= 15 is 0 Å². The molecule has 0 rings (SSSR count). The van der Waals surface area contributed by atoms with Crippen molar-refractivity contribution in [1.82, 2.24) is 0 Å². The summed E-state index contributed by atoms with van der Waals surface area (Å²) in [4.78, 5) is 0. The SMILES string of the molecule is CC([Si](C)C)C(C)(C)C. The van der Waals surface area contributed by atoms with Crippen LogP contribution in [0, 0.1) is 5.41 Å². The van der Waals surface area contributed by atoms with Crippen molar-refractivity contribution in [1.29, 1.82) is 0 Å². The highest BCUT2D eigenvalue weighted by molar-refractivity contribution is 6.57. The predicted molar refractivity (Wildman–Crippen MR) is 46.4 cm³/mol. The molecule has 55 valence electrons. The third-order valence-corrected chi connectivity index (χ3v) is 4.76. The molecule has 0 aromatic heterocycles. The van der Waals surface area contributed by atoms with Crippen LogP contribution in [0.5, 0.6) is 0 Å². The maximum absolute atomic E-state index is 2.39. The highest BCUT2D eigenvalue weighted by atomic mass is 28.3. The van der Waals surface area contributed by atoms with E-state index < -0.39 is 0 Å². The van der Waals surface area contributed by atoms with Gasteiger partial charge >= 0.3 is 0 Å². The molecule has 1 radical (unpaired) electrons. The molecular formula is C8H19Si. The lowest BCUT2D eigenvalue weighted by atomic mass is 9.93. The highest BCUT2D eigenvalue weighted by Gasteiger charge is 2.22. The zero-order chi connectivity index (χ0) is 7.65. The van der Waals surface area contributed by atoms with Gasteiger partial charge in [-0.05, 0) is 11.0 Å². The molecule has 0 nitrogen and oxygen atoms in total. The Morgan fingerprint density at radius 3 is 1.44 bits per heavy atom. The fourth-order valence-corrected chi connectivity index (χ4v) is 2.60. The first-order valence-electron chi connectivity index (χ1n) is 3.65. The van der Waals surface area contributed by atoms with Crippen LogP contribution in [0.3, 0.4) is 0 Å². The Labute approximate surface area is 61.3 Å². The van der Waals surface area contributed by atoms with Gasteiger partial charge in [-0.15, -0.1) is 0 Å². The molecule has 0 aromatic carbocycles.